The van der Waals surface area contributed by atoms with E-state index in [2.05, 4.69) is 15.6 Å². The number of carbonyl (C=O) groups excluding carboxylic acids is 2. The van der Waals surface area contributed by atoms with Gasteiger partial charge in [0.2, 0.25) is 0 Å². The number of carboxylic acids is 1. The zero-order chi connectivity index (χ0) is 26.4. The Labute approximate surface area is 221 Å². The summed E-state index contributed by atoms with van der Waals surface area (Å²) in [6.07, 6.45) is 1.68. The zero-order valence-electron chi connectivity index (χ0n) is 20.0. The lowest BCUT2D eigenvalue weighted by Crippen LogP contribution is -2.21. The molecule has 0 spiro atoms. The highest BCUT2D eigenvalue weighted by molar-refractivity contribution is 7.98. The summed E-state index contributed by atoms with van der Waals surface area (Å²) >= 11 is 2.87. The van der Waals surface area contributed by atoms with Gasteiger partial charge in [0.15, 0.2) is 10.9 Å². The van der Waals surface area contributed by atoms with E-state index in [1.54, 1.807) is 66.9 Å². The second-order valence-electron chi connectivity index (χ2n) is 7.91. The lowest BCUT2D eigenvalue weighted by atomic mass is 9.99. The highest BCUT2D eigenvalue weighted by atomic mass is 32.2. The number of ketones is 1. The van der Waals surface area contributed by atoms with E-state index in [-0.39, 0.29) is 11.3 Å². The van der Waals surface area contributed by atoms with E-state index in [0.29, 0.717) is 33.4 Å². The summed E-state index contributed by atoms with van der Waals surface area (Å²) < 4.78 is 5.33. The van der Waals surface area contributed by atoms with Gasteiger partial charge in [0.25, 0.3) is 0 Å². The maximum Gasteiger partial charge on any atom is 0.335 e. The van der Waals surface area contributed by atoms with Crippen molar-refractivity contribution in [3.05, 3.63) is 100 Å². The van der Waals surface area contributed by atoms with Crippen LogP contribution in [0.15, 0.2) is 77.8 Å². The predicted octanol–water partition coefficient (Wildman–Crippen LogP) is 6.33. The number of ether oxygens (including phenoxy) is 1. The number of methoxy groups -OCH3 is 1. The van der Waals surface area contributed by atoms with Crippen molar-refractivity contribution < 1.29 is 24.2 Å². The van der Waals surface area contributed by atoms with Crippen LogP contribution in [-0.2, 0) is 5.75 Å². The zero-order valence-corrected chi connectivity index (χ0v) is 21.6. The molecule has 3 N–H and O–H groups in total. The van der Waals surface area contributed by atoms with Crippen molar-refractivity contribution in [1.29, 1.82) is 0 Å². The predicted molar refractivity (Wildman–Crippen MR) is 145 cm³/mol. The average Bonchev–Trinajstić information content (AvgIpc) is 3.35. The third-order valence-electron chi connectivity index (χ3n) is 5.28. The Balaban J connectivity index is 1.41. The van der Waals surface area contributed by atoms with Gasteiger partial charge in [0.1, 0.15) is 5.75 Å². The molecular weight excluding hydrogens is 510 g/mol. The number of aromatic carboxylic acids is 1. The van der Waals surface area contributed by atoms with Crippen molar-refractivity contribution >= 4 is 51.7 Å². The first-order chi connectivity index (χ1) is 17.8. The Morgan fingerprint density at radius 3 is 2.49 bits per heavy atom. The molecule has 4 aromatic rings. The number of thioether (sulfide) groups is 1. The van der Waals surface area contributed by atoms with Gasteiger partial charge < -0.3 is 15.2 Å². The van der Waals surface area contributed by atoms with E-state index in [0.717, 1.165) is 15.3 Å². The van der Waals surface area contributed by atoms with Gasteiger partial charge in [-0.1, -0.05) is 23.8 Å². The van der Waals surface area contributed by atoms with Crippen LogP contribution in [-0.4, -0.2) is 35.0 Å². The van der Waals surface area contributed by atoms with Crippen molar-refractivity contribution in [2.24, 2.45) is 0 Å². The molecular formula is C27H23N3O5S2. The van der Waals surface area contributed by atoms with E-state index >= 15 is 0 Å². The molecule has 37 heavy (non-hydrogen) atoms. The highest BCUT2D eigenvalue weighted by Gasteiger charge is 2.19. The third-order valence-corrected chi connectivity index (χ3v) is 7.43. The van der Waals surface area contributed by atoms with E-state index in [9.17, 15) is 14.4 Å². The number of hydrogen-bond donors (Lipinski definition) is 3. The number of benzene rings is 3. The van der Waals surface area contributed by atoms with Crippen molar-refractivity contribution in [1.82, 2.24) is 4.98 Å². The van der Waals surface area contributed by atoms with Crippen molar-refractivity contribution in [3.63, 3.8) is 0 Å². The molecule has 0 atom stereocenters. The topological polar surface area (TPSA) is 118 Å². The summed E-state index contributed by atoms with van der Waals surface area (Å²) in [5, 5.41) is 14.9. The quantitative estimate of drug-likeness (QED) is 0.170. The van der Waals surface area contributed by atoms with Crippen LogP contribution in [0.5, 0.6) is 5.75 Å². The van der Waals surface area contributed by atoms with Gasteiger partial charge in [0.05, 0.1) is 23.9 Å². The Kier molecular flexibility index (Phi) is 8.22. The SMILES string of the molecule is COc1ccccc1C(=O)c1cc(C)ccc1NC(=O)Nc1ncc(CSc2ccc(C(=O)O)cc2)s1. The molecule has 0 aliphatic carbocycles. The number of aromatic nitrogens is 1. The summed E-state index contributed by atoms with van der Waals surface area (Å²) in [5.41, 5.74) is 2.24. The number of carbonyl (C=O) groups is 3. The van der Waals surface area contributed by atoms with Gasteiger partial charge in [-0.2, -0.15) is 0 Å². The van der Waals surface area contributed by atoms with Crippen LogP contribution >= 0.6 is 23.1 Å². The smallest absolute Gasteiger partial charge is 0.335 e. The van der Waals surface area contributed by atoms with Crippen LogP contribution in [0.2, 0.25) is 0 Å². The lowest BCUT2D eigenvalue weighted by Gasteiger charge is -2.13. The van der Waals surface area contributed by atoms with Crippen LogP contribution in [0.4, 0.5) is 15.6 Å². The van der Waals surface area contributed by atoms with Crippen LogP contribution in [0.1, 0.15) is 36.7 Å². The number of carboxylic acid groups (broad SMARTS) is 1. The fourth-order valence-corrected chi connectivity index (χ4v) is 5.19. The normalized spacial score (nSPS) is 10.5. The van der Waals surface area contributed by atoms with Gasteiger partial charge >= 0.3 is 12.0 Å². The molecule has 3 aromatic carbocycles. The second-order valence-corrected chi connectivity index (χ2v) is 10.1. The molecule has 4 rings (SSSR count). The van der Waals surface area contributed by atoms with E-state index in [1.807, 2.05) is 13.0 Å². The summed E-state index contributed by atoms with van der Waals surface area (Å²) in [5.74, 6) is -0.158. The summed E-state index contributed by atoms with van der Waals surface area (Å²) in [6, 6.07) is 18.3. The summed E-state index contributed by atoms with van der Waals surface area (Å²) in [4.78, 5) is 43.1. The number of anilines is 2. The fourth-order valence-electron chi connectivity index (χ4n) is 3.46. The van der Waals surface area contributed by atoms with Crippen LogP contribution in [0.25, 0.3) is 0 Å². The van der Waals surface area contributed by atoms with E-state index in [4.69, 9.17) is 9.84 Å². The first kappa shape index (κ1) is 25.9. The van der Waals surface area contributed by atoms with E-state index < -0.39 is 12.0 Å². The third kappa shape index (κ3) is 6.54. The summed E-state index contributed by atoms with van der Waals surface area (Å²) in [7, 11) is 1.50. The van der Waals surface area contributed by atoms with E-state index in [1.165, 1.54) is 30.2 Å². The first-order valence-electron chi connectivity index (χ1n) is 11.1. The minimum atomic E-state index is -0.963. The number of nitrogens with one attached hydrogen (secondary N) is 2. The van der Waals surface area contributed by atoms with Crippen LogP contribution < -0.4 is 15.4 Å². The largest absolute Gasteiger partial charge is 0.496 e. The number of rotatable bonds is 9. The maximum atomic E-state index is 13.3. The number of hydrogen-bond acceptors (Lipinski definition) is 7. The molecule has 0 fully saturated rings. The minimum Gasteiger partial charge on any atom is -0.496 e. The molecule has 0 saturated heterocycles. The van der Waals surface area contributed by atoms with Crippen molar-refractivity contribution in [2.45, 2.75) is 17.6 Å². The van der Waals surface area contributed by atoms with Crippen LogP contribution in [0.3, 0.4) is 0 Å². The molecule has 0 radical (unpaired) electrons. The lowest BCUT2D eigenvalue weighted by molar-refractivity contribution is 0.0696. The molecule has 2 amide bonds. The number of amides is 2. The monoisotopic (exact) mass is 533 g/mol. The van der Waals surface area contributed by atoms with Gasteiger partial charge in [-0.05, 0) is 55.5 Å². The molecule has 0 aliphatic heterocycles. The molecule has 1 heterocycles. The van der Waals surface area contributed by atoms with Crippen LogP contribution in [0, 0.1) is 6.92 Å². The van der Waals surface area contributed by atoms with Crippen molar-refractivity contribution in [3.8, 4) is 5.75 Å². The average molecular weight is 534 g/mol. The number of nitrogens with zero attached hydrogens (tertiary/aromatic N) is 1. The first-order valence-corrected chi connectivity index (χ1v) is 12.9. The molecule has 0 aliphatic rings. The number of para-hydroxylation sites is 1. The van der Waals surface area contributed by atoms with Gasteiger partial charge in [-0.25, -0.2) is 14.6 Å². The fraction of sp³-hybridized carbons (Fsp3) is 0.111. The molecule has 188 valence electrons. The van der Waals surface area contributed by atoms with Gasteiger partial charge in [-0.15, -0.1) is 23.1 Å². The number of urea groups is 1. The molecule has 10 heteroatoms. The molecule has 0 saturated carbocycles. The standard InChI is InChI=1S/C27H23N3O5S2/c1-16-7-12-22(21(13-16)24(31)20-5-3-4-6-23(20)35-2)29-26(34)30-27-28-14-19(37-27)15-36-18-10-8-17(9-11-18)25(32)33/h3-14H,15H2,1-2H3,(H,32,33)(H2,28,29,30,34). The summed E-state index contributed by atoms with van der Waals surface area (Å²) in [6.45, 7) is 1.87. The Morgan fingerprint density at radius 1 is 1.00 bits per heavy atom. The molecule has 8 nitrogen and oxygen atoms in total. The minimum absolute atomic E-state index is 0.237. The Bertz CT molecular complexity index is 1450. The highest BCUT2D eigenvalue weighted by Crippen LogP contribution is 2.29. The molecule has 0 unspecified atom stereocenters. The number of aryl methyl sites for hydroxylation is 1. The van der Waals surface area contributed by atoms with Gasteiger partial charge in [-0.3, -0.25) is 10.1 Å². The molecule has 0 bridgehead atoms. The van der Waals surface area contributed by atoms with Crippen molar-refractivity contribution in [2.75, 3.05) is 17.7 Å². The Morgan fingerprint density at radius 2 is 1.76 bits per heavy atom. The Hall–Kier alpha value is -4.15. The maximum absolute atomic E-state index is 13.3. The molecule has 1 aromatic heterocycles. The van der Waals surface area contributed by atoms with Gasteiger partial charge in [0, 0.05) is 27.3 Å². The second kappa shape index (κ2) is 11.7. The number of thiazole rings is 1.